The van der Waals surface area contributed by atoms with Gasteiger partial charge in [-0.25, -0.2) is 0 Å². The number of aryl methyl sites for hydroxylation is 1. The van der Waals surface area contributed by atoms with Gasteiger partial charge in [0.25, 0.3) is 5.56 Å². The van der Waals surface area contributed by atoms with E-state index in [9.17, 15) is 4.79 Å². The fourth-order valence-electron chi connectivity index (χ4n) is 1.19. The highest BCUT2D eigenvalue weighted by Crippen LogP contribution is 2.00. The lowest BCUT2D eigenvalue weighted by molar-refractivity contribution is 0.617. The molecule has 0 aromatic carbocycles. The zero-order valence-electron chi connectivity index (χ0n) is 8.66. The predicted octanol–water partition coefficient (Wildman–Crippen LogP) is 1.29. The Morgan fingerprint density at radius 1 is 1.54 bits per heavy atom. The van der Waals surface area contributed by atoms with Crippen LogP contribution in [0.4, 0.5) is 0 Å². The number of hydrogen-bond donors (Lipinski definition) is 0. The molecule has 0 amide bonds. The van der Waals surface area contributed by atoms with E-state index in [1.165, 1.54) is 0 Å². The van der Waals surface area contributed by atoms with Crippen molar-refractivity contribution < 1.29 is 0 Å². The van der Waals surface area contributed by atoms with Crippen molar-refractivity contribution in [3.63, 3.8) is 0 Å². The van der Waals surface area contributed by atoms with Gasteiger partial charge in [0.1, 0.15) is 5.69 Å². The number of hydrogen-bond acceptors (Lipinski definition) is 2. The maximum Gasteiger partial charge on any atom is 0.272 e. The van der Waals surface area contributed by atoms with E-state index in [0.717, 1.165) is 12.1 Å². The zero-order chi connectivity index (χ0) is 10.0. The predicted molar refractivity (Wildman–Crippen MR) is 52.8 cm³/mol. The van der Waals surface area contributed by atoms with Crippen LogP contribution in [-0.2, 0) is 13.5 Å². The molecule has 0 atom stereocenters. The second-order valence-electron chi connectivity index (χ2n) is 3.81. The molecular formula is C10H16N2O. The molecule has 0 unspecified atom stereocenters. The quantitative estimate of drug-likeness (QED) is 0.687. The first-order chi connectivity index (χ1) is 6.02. The van der Waals surface area contributed by atoms with Crippen molar-refractivity contribution in [1.29, 1.82) is 0 Å². The minimum Gasteiger partial charge on any atom is -0.313 e. The van der Waals surface area contributed by atoms with Gasteiger partial charge >= 0.3 is 0 Å². The molecule has 3 heteroatoms. The van der Waals surface area contributed by atoms with Crippen molar-refractivity contribution >= 4 is 0 Å². The summed E-state index contributed by atoms with van der Waals surface area (Å²) in [5.74, 6) is 0.475. The molecule has 1 aromatic heterocycles. The summed E-state index contributed by atoms with van der Waals surface area (Å²) < 4.78 is 1.64. The summed E-state index contributed by atoms with van der Waals surface area (Å²) in [6.07, 6.45) is 2.51. The highest BCUT2D eigenvalue weighted by atomic mass is 16.1. The van der Waals surface area contributed by atoms with Crippen LogP contribution in [-0.4, -0.2) is 9.55 Å². The van der Waals surface area contributed by atoms with Crippen LogP contribution < -0.4 is 5.56 Å². The SMILES string of the molecule is Cc1cnc(CC(C)C)c(=O)n1C. The number of rotatable bonds is 2. The summed E-state index contributed by atoms with van der Waals surface area (Å²) in [6, 6.07) is 0. The van der Waals surface area contributed by atoms with E-state index in [1.54, 1.807) is 17.8 Å². The van der Waals surface area contributed by atoms with E-state index in [0.29, 0.717) is 11.6 Å². The van der Waals surface area contributed by atoms with Crippen LogP contribution in [0.25, 0.3) is 0 Å². The summed E-state index contributed by atoms with van der Waals surface area (Å²) in [6.45, 7) is 6.05. The summed E-state index contributed by atoms with van der Waals surface area (Å²) in [4.78, 5) is 15.8. The van der Waals surface area contributed by atoms with E-state index in [2.05, 4.69) is 18.8 Å². The smallest absolute Gasteiger partial charge is 0.272 e. The average molecular weight is 180 g/mol. The molecule has 0 aliphatic carbocycles. The molecule has 0 saturated heterocycles. The molecule has 0 spiro atoms. The van der Waals surface area contributed by atoms with E-state index in [-0.39, 0.29) is 5.56 Å². The third-order valence-corrected chi connectivity index (χ3v) is 2.09. The molecule has 0 radical (unpaired) electrons. The van der Waals surface area contributed by atoms with Crippen LogP contribution in [0.3, 0.4) is 0 Å². The maximum absolute atomic E-state index is 11.6. The van der Waals surface area contributed by atoms with Gasteiger partial charge in [-0.05, 0) is 19.3 Å². The Morgan fingerprint density at radius 2 is 2.15 bits per heavy atom. The molecule has 0 N–H and O–H groups in total. The molecule has 3 nitrogen and oxygen atoms in total. The van der Waals surface area contributed by atoms with Gasteiger partial charge in [-0.3, -0.25) is 9.78 Å². The Kier molecular flexibility index (Phi) is 2.86. The van der Waals surface area contributed by atoms with Gasteiger partial charge in [-0.1, -0.05) is 13.8 Å². The van der Waals surface area contributed by atoms with Crippen LogP contribution in [0.15, 0.2) is 11.0 Å². The van der Waals surface area contributed by atoms with Crippen LogP contribution >= 0.6 is 0 Å². The summed E-state index contributed by atoms with van der Waals surface area (Å²) in [5, 5.41) is 0. The lowest BCUT2D eigenvalue weighted by Gasteiger charge is -2.07. The molecule has 13 heavy (non-hydrogen) atoms. The van der Waals surface area contributed by atoms with Crippen molar-refractivity contribution in [2.24, 2.45) is 13.0 Å². The largest absolute Gasteiger partial charge is 0.313 e. The topological polar surface area (TPSA) is 34.9 Å². The lowest BCUT2D eigenvalue weighted by atomic mass is 10.1. The van der Waals surface area contributed by atoms with Crippen LogP contribution in [0.5, 0.6) is 0 Å². The Bertz CT molecular complexity index is 352. The molecule has 0 bridgehead atoms. The van der Waals surface area contributed by atoms with Gasteiger partial charge < -0.3 is 4.57 Å². The van der Waals surface area contributed by atoms with Gasteiger partial charge in [-0.2, -0.15) is 0 Å². The minimum atomic E-state index is 0.0358. The Balaban J connectivity index is 3.12. The monoisotopic (exact) mass is 180 g/mol. The van der Waals surface area contributed by atoms with Gasteiger partial charge in [0.05, 0.1) is 0 Å². The van der Waals surface area contributed by atoms with E-state index < -0.39 is 0 Å². The van der Waals surface area contributed by atoms with Gasteiger partial charge in [0, 0.05) is 18.9 Å². The fraction of sp³-hybridized carbons (Fsp3) is 0.600. The van der Waals surface area contributed by atoms with E-state index >= 15 is 0 Å². The Labute approximate surface area is 78.4 Å². The normalized spacial score (nSPS) is 10.8. The van der Waals surface area contributed by atoms with Gasteiger partial charge in [-0.15, -0.1) is 0 Å². The van der Waals surface area contributed by atoms with Crippen LogP contribution in [0.1, 0.15) is 25.2 Å². The standard InChI is InChI=1S/C10H16N2O/c1-7(2)5-9-10(13)12(4)8(3)6-11-9/h6-7H,5H2,1-4H3. The maximum atomic E-state index is 11.6. The lowest BCUT2D eigenvalue weighted by Crippen LogP contribution is -2.25. The molecule has 1 rings (SSSR count). The second-order valence-corrected chi connectivity index (χ2v) is 3.81. The average Bonchev–Trinajstić information content (AvgIpc) is 2.06. The number of aromatic nitrogens is 2. The molecule has 72 valence electrons. The number of nitrogens with zero attached hydrogens (tertiary/aromatic N) is 2. The van der Waals surface area contributed by atoms with Crippen molar-refractivity contribution in [2.75, 3.05) is 0 Å². The van der Waals surface area contributed by atoms with Crippen molar-refractivity contribution in [3.8, 4) is 0 Å². The van der Waals surface area contributed by atoms with Crippen LogP contribution in [0.2, 0.25) is 0 Å². The third-order valence-electron chi connectivity index (χ3n) is 2.09. The molecule has 1 aromatic rings. The molecule has 0 aliphatic heterocycles. The van der Waals surface area contributed by atoms with Crippen molar-refractivity contribution in [3.05, 3.63) is 27.9 Å². The molecule has 0 saturated carbocycles. The highest BCUT2D eigenvalue weighted by Gasteiger charge is 2.06. The van der Waals surface area contributed by atoms with E-state index in [4.69, 9.17) is 0 Å². The summed E-state index contributed by atoms with van der Waals surface area (Å²) >= 11 is 0. The zero-order valence-corrected chi connectivity index (χ0v) is 8.66. The van der Waals surface area contributed by atoms with Gasteiger partial charge in [0.15, 0.2) is 0 Å². The molecule has 0 fully saturated rings. The Hall–Kier alpha value is -1.12. The third kappa shape index (κ3) is 2.17. The summed E-state index contributed by atoms with van der Waals surface area (Å²) in [5.41, 5.74) is 1.61. The first-order valence-corrected chi connectivity index (χ1v) is 4.54. The first kappa shape index (κ1) is 9.96. The van der Waals surface area contributed by atoms with Crippen LogP contribution in [0, 0.1) is 12.8 Å². The molecule has 0 aliphatic rings. The fourth-order valence-corrected chi connectivity index (χ4v) is 1.19. The van der Waals surface area contributed by atoms with Gasteiger partial charge in [0.2, 0.25) is 0 Å². The highest BCUT2D eigenvalue weighted by molar-refractivity contribution is 5.04. The Morgan fingerprint density at radius 3 is 2.69 bits per heavy atom. The van der Waals surface area contributed by atoms with E-state index in [1.807, 2.05) is 6.92 Å². The minimum absolute atomic E-state index is 0.0358. The second kappa shape index (κ2) is 3.73. The molecule has 1 heterocycles. The summed E-state index contributed by atoms with van der Waals surface area (Å²) in [7, 11) is 1.78. The van der Waals surface area contributed by atoms with Crippen molar-refractivity contribution in [2.45, 2.75) is 27.2 Å². The first-order valence-electron chi connectivity index (χ1n) is 4.54. The van der Waals surface area contributed by atoms with Crippen molar-refractivity contribution in [1.82, 2.24) is 9.55 Å². The molecular weight excluding hydrogens is 164 g/mol.